The summed E-state index contributed by atoms with van der Waals surface area (Å²) >= 11 is 0. The number of nitrogens with two attached hydrogens (primary N) is 1. The van der Waals surface area contributed by atoms with Crippen LogP contribution in [0.4, 0.5) is 5.69 Å². The summed E-state index contributed by atoms with van der Waals surface area (Å²) in [7, 11) is 0. The van der Waals surface area contributed by atoms with Crippen LogP contribution in [0.1, 0.15) is 25.7 Å². The molecule has 0 radical (unpaired) electrons. The van der Waals surface area contributed by atoms with E-state index in [0.29, 0.717) is 13.2 Å². The molecule has 1 aromatic rings. The molecule has 0 saturated heterocycles. The van der Waals surface area contributed by atoms with Crippen molar-refractivity contribution in [1.29, 1.82) is 0 Å². The van der Waals surface area contributed by atoms with Crippen molar-refractivity contribution in [2.75, 3.05) is 25.6 Å². The molecule has 1 aliphatic rings. The van der Waals surface area contributed by atoms with Crippen LogP contribution in [-0.2, 0) is 4.74 Å². The van der Waals surface area contributed by atoms with Crippen LogP contribution in [0.3, 0.4) is 0 Å². The van der Waals surface area contributed by atoms with Gasteiger partial charge in [0.05, 0.1) is 6.61 Å². The van der Waals surface area contributed by atoms with Gasteiger partial charge in [-0.2, -0.15) is 0 Å². The van der Waals surface area contributed by atoms with Crippen LogP contribution in [0.2, 0.25) is 0 Å². The van der Waals surface area contributed by atoms with Gasteiger partial charge in [-0.05, 0) is 24.5 Å². The van der Waals surface area contributed by atoms with Crippen molar-refractivity contribution in [3.63, 3.8) is 0 Å². The number of hydrogen-bond donors (Lipinski definition) is 1. The van der Waals surface area contributed by atoms with Crippen LogP contribution in [0.25, 0.3) is 0 Å². The quantitative estimate of drug-likeness (QED) is 0.584. The van der Waals surface area contributed by atoms with Gasteiger partial charge < -0.3 is 15.2 Å². The average Bonchev–Trinajstić information content (AvgIpc) is 2.25. The first-order valence-electron chi connectivity index (χ1n) is 6.40. The third kappa shape index (κ3) is 4.27. The fraction of sp³-hybridized carbons (Fsp3) is 0.571. The van der Waals surface area contributed by atoms with E-state index in [9.17, 15) is 0 Å². The zero-order valence-corrected chi connectivity index (χ0v) is 10.2. The minimum absolute atomic E-state index is 0.591. The second-order valence-corrected chi connectivity index (χ2v) is 4.62. The van der Waals surface area contributed by atoms with Gasteiger partial charge in [-0.3, -0.25) is 0 Å². The van der Waals surface area contributed by atoms with Gasteiger partial charge >= 0.3 is 0 Å². The second-order valence-electron chi connectivity index (χ2n) is 4.62. The summed E-state index contributed by atoms with van der Waals surface area (Å²) in [5, 5.41) is 0. The Labute approximate surface area is 103 Å². The Bertz CT molecular complexity index is 337. The summed E-state index contributed by atoms with van der Waals surface area (Å²) in [6.45, 7) is 2.11. The predicted octanol–water partition coefficient (Wildman–Crippen LogP) is 2.85. The largest absolute Gasteiger partial charge is 0.491 e. The van der Waals surface area contributed by atoms with Gasteiger partial charge in [0.2, 0.25) is 0 Å². The molecule has 0 amide bonds. The molecule has 1 saturated carbocycles. The van der Waals surface area contributed by atoms with E-state index >= 15 is 0 Å². The fourth-order valence-corrected chi connectivity index (χ4v) is 1.96. The van der Waals surface area contributed by atoms with Crippen LogP contribution >= 0.6 is 0 Å². The zero-order chi connectivity index (χ0) is 11.9. The average molecular weight is 235 g/mol. The molecule has 2 N–H and O–H groups in total. The smallest absolute Gasteiger partial charge is 0.121 e. The molecular formula is C14H21NO2. The second kappa shape index (κ2) is 6.50. The van der Waals surface area contributed by atoms with E-state index in [1.807, 2.05) is 24.3 Å². The number of nitrogen functional groups attached to an aromatic ring is 1. The summed E-state index contributed by atoms with van der Waals surface area (Å²) in [5.74, 6) is 1.73. The minimum atomic E-state index is 0.591. The lowest BCUT2D eigenvalue weighted by Gasteiger charge is -2.24. The van der Waals surface area contributed by atoms with Crippen molar-refractivity contribution in [1.82, 2.24) is 0 Å². The van der Waals surface area contributed by atoms with E-state index in [4.69, 9.17) is 15.2 Å². The van der Waals surface area contributed by atoms with Crippen LogP contribution in [0.15, 0.2) is 24.3 Å². The van der Waals surface area contributed by atoms with E-state index in [1.54, 1.807) is 0 Å². The Balaban J connectivity index is 1.50. The summed E-state index contributed by atoms with van der Waals surface area (Å²) in [6, 6.07) is 7.48. The van der Waals surface area contributed by atoms with Crippen molar-refractivity contribution in [3.8, 4) is 5.75 Å². The number of ether oxygens (including phenoxy) is 2. The summed E-state index contributed by atoms with van der Waals surface area (Å²) in [4.78, 5) is 0. The van der Waals surface area contributed by atoms with Gasteiger partial charge in [0, 0.05) is 18.4 Å². The maximum absolute atomic E-state index is 5.65. The number of benzene rings is 1. The number of anilines is 1. The number of rotatable bonds is 7. The van der Waals surface area contributed by atoms with E-state index < -0.39 is 0 Å². The van der Waals surface area contributed by atoms with Crippen LogP contribution in [0.5, 0.6) is 5.75 Å². The van der Waals surface area contributed by atoms with Crippen molar-refractivity contribution in [2.24, 2.45) is 5.92 Å². The van der Waals surface area contributed by atoms with Crippen LogP contribution < -0.4 is 10.5 Å². The molecule has 2 rings (SSSR count). The molecule has 1 aliphatic carbocycles. The van der Waals surface area contributed by atoms with Crippen molar-refractivity contribution in [2.45, 2.75) is 25.7 Å². The monoisotopic (exact) mass is 235 g/mol. The summed E-state index contributed by atoms with van der Waals surface area (Å²) in [6.07, 6.45) is 5.40. The Hall–Kier alpha value is -1.22. The lowest BCUT2D eigenvalue weighted by Crippen LogP contribution is -2.15. The zero-order valence-electron chi connectivity index (χ0n) is 10.2. The fourth-order valence-electron chi connectivity index (χ4n) is 1.96. The van der Waals surface area contributed by atoms with Crippen molar-refractivity contribution in [3.05, 3.63) is 24.3 Å². The highest BCUT2D eigenvalue weighted by Crippen LogP contribution is 2.29. The van der Waals surface area contributed by atoms with Gasteiger partial charge in [0.25, 0.3) is 0 Å². The van der Waals surface area contributed by atoms with Crippen molar-refractivity contribution < 1.29 is 9.47 Å². The SMILES string of the molecule is Nc1cccc(OCCOCCC2CCC2)c1. The maximum Gasteiger partial charge on any atom is 0.121 e. The predicted molar refractivity (Wildman–Crippen MR) is 69.1 cm³/mol. The first kappa shape index (κ1) is 12.2. The summed E-state index contributed by atoms with van der Waals surface area (Å²) < 4.78 is 11.1. The number of hydrogen-bond acceptors (Lipinski definition) is 3. The van der Waals surface area contributed by atoms with Crippen LogP contribution in [-0.4, -0.2) is 19.8 Å². The molecule has 3 heteroatoms. The van der Waals surface area contributed by atoms with Crippen LogP contribution in [0, 0.1) is 5.92 Å². The summed E-state index contributed by atoms with van der Waals surface area (Å²) in [5.41, 5.74) is 6.38. The van der Waals surface area contributed by atoms with Gasteiger partial charge in [-0.25, -0.2) is 0 Å². The molecular weight excluding hydrogens is 214 g/mol. The lowest BCUT2D eigenvalue weighted by atomic mass is 9.83. The van der Waals surface area contributed by atoms with Crippen molar-refractivity contribution >= 4 is 5.69 Å². The lowest BCUT2D eigenvalue weighted by molar-refractivity contribution is 0.0813. The first-order chi connectivity index (χ1) is 8.34. The maximum atomic E-state index is 5.65. The van der Waals surface area contributed by atoms with E-state index in [-0.39, 0.29) is 0 Å². The molecule has 17 heavy (non-hydrogen) atoms. The van der Waals surface area contributed by atoms with Gasteiger partial charge in [-0.15, -0.1) is 0 Å². The molecule has 1 fully saturated rings. The van der Waals surface area contributed by atoms with E-state index in [2.05, 4.69) is 0 Å². The first-order valence-corrected chi connectivity index (χ1v) is 6.40. The third-order valence-electron chi connectivity index (χ3n) is 3.25. The molecule has 0 aliphatic heterocycles. The molecule has 0 aromatic heterocycles. The van der Waals surface area contributed by atoms with E-state index in [0.717, 1.165) is 24.0 Å². The third-order valence-corrected chi connectivity index (χ3v) is 3.25. The molecule has 0 unspecified atom stereocenters. The highest BCUT2D eigenvalue weighted by molar-refractivity contribution is 5.43. The Kier molecular flexibility index (Phi) is 4.68. The Morgan fingerprint density at radius 3 is 2.76 bits per heavy atom. The minimum Gasteiger partial charge on any atom is -0.491 e. The normalized spacial score (nSPS) is 15.5. The Morgan fingerprint density at radius 1 is 1.18 bits per heavy atom. The van der Waals surface area contributed by atoms with Gasteiger partial charge in [0.1, 0.15) is 12.4 Å². The molecule has 0 bridgehead atoms. The standard InChI is InChI=1S/C14H21NO2/c15-13-5-2-6-14(11-13)17-10-9-16-8-7-12-3-1-4-12/h2,5-6,11-12H,1,3-4,7-10,15H2. The van der Waals surface area contributed by atoms with Gasteiger partial charge in [-0.1, -0.05) is 25.3 Å². The highest BCUT2D eigenvalue weighted by atomic mass is 16.5. The molecule has 0 spiro atoms. The molecule has 94 valence electrons. The topological polar surface area (TPSA) is 44.5 Å². The molecule has 1 aromatic carbocycles. The Morgan fingerprint density at radius 2 is 2.06 bits per heavy atom. The highest BCUT2D eigenvalue weighted by Gasteiger charge is 2.16. The molecule has 0 heterocycles. The molecule has 3 nitrogen and oxygen atoms in total. The van der Waals surface area contributed by atoms with E-state index in [1.165, 1.54) is 25.7 Å². The van der Waals surface area contributed by atoms with Gasteiger partial charge in [0.15, 0.2) is 0 Å². The molecule has 0 atom stereocenters.